The van der Waals surface area contributed by atoms with Crippen molar-refractivity contribution in [3.8, 4) is 0 Å². The van der Waals surface area contributed by atoms with Crippen molar-refractivity contribution in [2.45, 2.75) is 13.2 Å². The molecular weight excluding hydrogens is 140 g/mol. The summed E-state index contributed by atoms with van der Waals surface area (Å²) in [5, 5.41) is 10.2. The highest BCUT2D eigenvalue weighted by atomic mass is 15.3. The van der Waals surface area contributed by atoms with Gasteiger partial charge in [0, 0.05) is 18.3 Å². The molecule has 0 aliphatic heterocycles. The lowest BCUT2D eigenvalue weighted by Crippen LogP contribution is -2.13. The van der Waals surface area contributed by atoms with E-state index < -0.39 is 0 Å². The van der Waals surface area contributed by atoms with E-state index in [0.717, 1.165) is 13.2 Å². The highest BCUT2D eigenvalue weighted by molar-refractivity contribution is 5.02. The van der Waals surface area contributed by atoms with Crippen LogP contribution in [0.4, 0.5) is 0 Å². The highest BCUT2D eigenvalue weighted by Crippen LogP contribution is 1.94. The van der Waals surface area contributed by atoms with E-state index in [1.54, 1.807) is 0 Å². The Balaban J connectivity index is 2.51. The largest absolute Gasteiger partial charge is 0.316 e. The molecule has 2 N–H and O–H groups in total. The van der Waals surface area contributed by atoms with Crippen LogP contribution >= 0.6 is 0 Å². The van der Waals surface area contributed by atoms with Crippen molar-refractivity contribution >= 4 is 0 Å². The van der Waals surface area contributed by atoms with Crippen LogP contribution in [0.3, 0.4) is 0 Å². The van der Waals surface area contributed by atoms with E-state index in [2.05, 4.69) is 15.7 Å². The van der Waals surface area contributed by atoms with Crippen molar-refractivity contribution in [1.82, 2.24) is 20.4 Å². The molecule has 0 amide bonds. The summed E-state index contributed by atoms with van der Waals surface area (Å²) in [6.07, 6.45) is 3.89. The molecular formula is C7H14N4. The second kappa shape index (κ2) is 4.10. The van der Waals surface area contributed by atoms with E-state index in [0.29, 0.717) is 0 Å². The van der Waals surface area contributed by atoms with Crippen LogP contribution in [0.25, 0.3) is 0 Å². The summed E-state index contributed by atoms with van der Waals surface area (Å²) in [6, 6.07) is 0. The van der Waals surface area contributed by atoms with Gasteiger partial charge in [-0.15, -0.1) is 0 Å². The van der Waals surface area contributed by atoms with Crippen LogP contribution in [-0.4, -0.2) is 23.9 Å². The maximum atomic E-state index is 4.14. The summed E-state index contributed by atoms with van der Waals surface area (Å²) in [5.74, 6) is 0. The minimum Gasteiger partial charge on any atom is -0.316 e. The average molecular weight is 154 g/mol. The van der Waals surface area contributed by atoms with Gasteiger partial charge in [-0.05, 0) is 14.1 Å². The Labute approximate surface area is 66.6 Å². The number of aromatic nitrogens is 2. The van der Waals surface area contributed by atoms with Gasteiger partial charge in [-0.2, -0.15) is 5.10 Å². The molecule has 62 valence electrons. The first-order valence-corrected chi connectivity index (χ1v) is 3.67. The van der Waals surface area contributed by atoms with Gasteiger partial charge in [0.1, 0.15) is 0 Å². The van der Waals surface area contributed by atoms with Gasteiger partial charge in [-0.3, -0.25) is 4.68 Å². The fourth-order valence-corrected chi connectivity index (χ4v) is 0.950. The van der Waals surface area contributed by atoms with Crippen LogP contribution in [0.5, 0.6) is 0 Å². The van der Waals surface area contributed by atoms with E-state index >= 15 is 0 Å². The summed E-state index contributed by atoms with van der Waals surface area (Å²) in [5.41, 5.74) is 1.21. The van der Waals surface area contributed by atoms with E-state index in [1.165, 1.54) is 5.56 Å². The van der Waals surface area contributed by atoms with Crippen LogP contribution in [0.1, 0.15) is 5.56 Å². The summed E-state index contributed by atoms with van der Waals surface area (Å²) in [6.45, 7) is 1.65. The fourth-order valence-electron chi connectivity index (χ4n) is 0.950. The molecule has 0 unspecified atom stereocenters. The van der Waals surface area contributed by atoms with Crippen LogP contribution < -0.4 is 10.6 Å². The Hall–Kier alpha value is -0.870. The summed E-state index contributed by atoms with van der Waals surface area (Å²) < 4.78 is 1.87. The number of hydrogen-bond donors (Lipinski definition) is 2. The predicted octanol–water partition coefficient (Wildman–Crippen LogP) is -0.221. The lowest BCUT2D eigenvalue weighted by Gasteiger charge is -1.96. The lowest BCUT2D eigenvalue weighted by molar-refractivity contribution is 0.555. The van der Waals surface area contributed by atoms with Crippen LogP contribution in [0.15, 0.2) is 12.4 Å². The maximum Gasteiger partial charge on any atom is 0.0901 e. The van der Waals surface area contributed by atoms with Crippen molar-refractivity contribution in [2.24, 2.45) is 0 Å². The standard InChI is InChI=1S/C7H14N4/c1-8-3-7-4-10-11(5-7)6-9-2/h4-5,8-9H,3,6H2,1-2H3. The first kappa shape index (κ1) is 8.23. The number of nitrogens with zero attached hydrogens (tertiary/aromatic N) is 2. The minimum absolute atomic E-state index is 0.768. The Morgan fingerprint density at radius 1 is 1.45 bits per heavy atom. The normalized spacial score (nSPS) is 10.4. The molecule has 1 heterocycles. The zero-order valence-corrected chi connectivity index (χ0v) is 6.96. The first-order chi connectivity index (χ1) is 5.36. The molecule has 0 saturated heterocycles. The topological polar surface area (TPSA) is 41.9 Å². The third-order valence-electron chi connectivity index (χ3n) is 1.39. The monoisotopic (exact) mass is 154 g/mol. The zero-order chi connectivity index (χ0) is 8.10. The number of nitrogens with one attached hydrogen (secondary N) is 2. The fraction of sp³-hybridized carbons (Fsp3) is 0.571. The van der Waals surface area contributed by atoms with Gasteiger partial charge in [-0.25, -0.2) is 0 Å². The molecule has 1 aromatic rings. The molecule has 11 heavy (non-hydrogen) atoms. The van der Waals surface area contributed by atoms with Crippen molar-refractivity contribution in [2.75, 3.05) is 14.1 Å². The third kappa shape index (κ3) is 2.32. The molecule has 0 radical (unpaired) electrons. The van der Waals surface area contributed by atoms with Gasteiger partial charge in [0.05, 0.1) is 12.9 Å². The van der Waals surface area contributed by atoms with E-state index in [9.17, 15) is 0 Å². The Kier molecular flexibility index (Phi) is 3.07. The molecule has 0 bridgehead atoms. The molecule has 0 fully saturated rings. The van der Waals surface area contributed by atoms with Gasteiger partial charge in [0.2, 0.25) is 0 Å². The van der Waals surface area contributed by atoms with Gasteiger partial charge in [-0.1, -0.05) is 0 Å². The Morgan fingerprint density at radius 3 is 2.91 bits per heavy atom. The van der Waals surface area contributed by atoms with Gasteiger partial charge < -0.3 is 10.6 Å². The van der Waals surface area contributed by atoms with Crippen molar-refractivity contribution in [3.63, 3.8) is 0 Å². The minimum atomic E-state index is 0.768. The summed E-state index contributed by atoms with van der Waals surface area (Å²) in [7, 11) is 3.83. The van der Waals surface area contributed by atoms with Crippen LogP contribution in [0, 0.1) is 0 Å². The molecule has 0 saturated carbocycles. The molecule has 0 aromatic carbocycles. The van der Waals surface area contributed by atoms with E-state index in [-0.39, 0.29) is 0 Å². The first-order valence-electron chi connectivity index (χ1n) is 3.67. The van der Waals surface area contributed by atoms with Crippen LogP contribution in [0.2, 0.25) is 0 Å². The second-order valence-corrected chi connectivity index (χ2v) is 2.43. The summed E-state index contributed by atoms with van der Waals surface area (Å²) in [4.78, 5) is 0. The quantitative estimate of drug-likeness (QED) is 0.630. The number of rotatable bonds is 4. The lowest BCUT2D eigenvalue weighted by atomic mass is 10.4. The Bertz CT molecular complexity index is 185. The SMILES string of the molecule is CNCc1cnn(CNC)c1. The van der Waals surface area contributed by atoms with Gasteiger partial charge >= 0.3 is 0 Å². The Morgan fingerprint density at radius 2 is 2.27 bits per heavy atom. The third-order valence-corrected chi connectivity index (χ3v) is 1.39. The molecule has 1 rings (SSSR count). The molecule has 0 aliphatic carbocycles. The molecule has 4 nitrogen and oxygen atoms in total. The van der Waals surface area contributed by atoms with Gasteiger partial charge in [0.15, 0.2) is 0 Å². The molecule has 1 aromatic heterocycles. The maximum absolute atomic E-state index is 4.14. The molecule has 4 heteroatoms. The van der Waals surface area contributed by atoms with Crippen molar-refractivity contribution in [3.05, 3.63) is 18.0 Å². The highest BCUT2D eigenvalue weighted by Gasteiger charge is 1.94. The van der Waals surface area contributed by atoms with Crippen molar-refractivity contribution in [1.29, 1.82) is 0 Å². The van der Waals surface area contributed by atoms with Crippen LogP contribution in [-0.2, 0) is 13.2 Å². The zero-order valence-electron chi connectivity index (χ0n) is 6.96. The number of hydrogen-bond acceptors (Lipinski definition) is 3. The average Bonchev–Trinajstić information content (AvgIpc) is 2.38. The van der Waals surface area contributed by atoms with Gasteiger partial charge in [0.25, 0.3) is 0 Å². The smallest absolute Gasteiger partial charge is 0.0901 e. The predicted molar refractivity (Wildman–Crippen MR) is 44.1 cm³/mol. The van der Waals surface area contributed by atoms with Crippen molar-refractivity contribution < 1.29 is 0 Å². The van der Waals surface area contributed by atoms with E-state index in [4.69, 9.17) is 0 Å². The molecule has 0 aliphatic rings. The molecule has 0 atom stereocenters. The van der Waals surface area contributed by atoms with E-state index in [1.807, 2.05) is 31.2 Å². The summed E-state index contributed by atoms with van der Waals surface area (Å²) >= 11 is 0. The molecule has 0 spiro atoms. The second-order valence-electron chi connectivity index (χ2n) is 2.43.